The lowest BCUT2D eigenvalue weighted by atomic mass is 9.96. The number of carbonyl (C=O) groups excluding carboxylic acids is 1. The van der Waals surface area contributed by atoms with E-state index in [4.69, 9.17) is 4.84 Å². The highest BCUT2D eigenvalue weighted by Gasteiger charge is 2.31. The molecule has 2 aromatic rings. The summed E-state index contributed by atoms with van der Waals surface area (Å²) in [5.74, 6) is -0.220. The minimum absolute atomic E-state index is 0.105. The average molecular weight is 367 g/mol. The first-order chi connectivity index (χ1) is 12.7. The van der Waals surface area contributed by atoms with Gasteiger partial charge in [-0.25, -0.2) is 0 Å². The topological polar surface area (TPSA) is 94.7 Å². The van der Waals surface area contributed by atoms with Gasteiger partial charge in [-0.05, 0) is 43.4 Å². The summed E-state index contributed by atoms with van der Waals surface area (Å²) >= 11 is 1.49. The minimum Gasteiger partial charge on any atom is -0.507 e. The zero-order valence-corrected chi connectivity index (χ0v) is 14.8. The van der Waals surface area contributed by atoms with E-state index in [0.29, 0.717) is 21.8 Å². The zero-order valence-electron chi connectivity index (χ0n) is 14.0. The third-order valence-corrected chi connectivity index (χ3v) is 5.90. The van der Waals surface area contributed by atoms with Gasteiger partial charge in [-0.15, -0.1) is 11.3 Å². The smallest absolute Gasteiger partial charge is 0.269 e. The number of nitrogens with one attached hydrogen (secondary N) is 1. The second kappa shape index (κ2) is 6.81. The molecular formula is C19H17N3O3S. The Labute approximate surface area is 154 Å². The molecule has 0 spiro atoms. The highest BCUT2D eigenvalue weighted by atomic mass is 32.1. The van der Waals surface area contributed by atoms with E-state index >= 15 is 0 Å². The Morgan fingerprint density at radius 3 is 2.96 bits per heavy atom. The third-order valence-electron chi connectivity index (χ3n) is 4.70. The molecule has 2 heterocycles. The molecule has 7 heteroatoms. The van der Waals surface area contributed by atoms with Crippen molar-refractivity contribution < 1.29 is 14.7 Å². The second-order valence-corrected chi connectivity index (χ2v) is 7.47. The molecule has 0 fully saturated rings. The Balaban J connectivity index is 1.48. The molecule has 1 atom stereocenters. The molecule has 1 amide bonds. The largest absolute Gasteiger partial charge is 0.507 e. The number of hydrogen-bond acceptors (Lipinski definition) is 6. The van der Waals surface area contributed by atoms with Crippen molar-refractivity contribution in [1.82, 2.24) is 0 Å². The molecule has 2 aliphatic rings. The van der Waals surface area contributed by atoms with E-state index in [1.807, 2.05) is 0 Å². The maximum absolute atomic E-state index is 12.6. The van der Waals surface area contributed by atoms with Crippen LogP contribution in [0.3, 0.4) is 0 Å². The summed E-state index contributed by atoms with van der Waals surface area (Å²) in [4.78, 5) is 19.0. The van der Waals surface area contributed by atoms with E-state index in [-0.39, 0.29) is 18.1 Å². The van der Waals surface area contributed by atoms with E-state index in [0.717, 1.165) is 31.2 Å². The van der Waals surface area contributed by atoms with Gasteiger partial charge in [0.1, 0.15) is 16.8 Å². The Hall–Kier alpha value is -2.85. The molecule has 0 saturated heterocycles. The first-order valence-electron chi connectivity index (χ1n) is 8.54. The van der Waals surface area contributed by atoms with Crippen LogP contribution in [0, 0.1) is 11.3 Å². The van der Waals surface area contributed by atoms with E-state index in [1.165, 1.54) is 16.2 Å². The Morgan fingerprint density at radius 1 is 1.35 bits per heavy atom. The first-order valence-corrected chi connectivity index (χ1v) is 9.35. The van der Waals surface area contributed by atoms with Gasteiger partial charge < -0.3 is 15.3 Å². The van der Waals surface area contributed by atoms with Gasteiger partial charge >= 0.3 is 0 Å². The van der Waals surface area contributed by atoms with Crippen molar-refractivity contribution in [2.45, 2.75) is 38.2 Å². The van der Waals surface area contributed by atoms with Gasteiger partial charge in [0.2, 0.25) is 6.10 Å². The van der Waals surface area contributed by atoms with Gasteiger partial charge in [0.25, 0.3) is 5.91 Å². The van der Waals surface area contributed by atoms with Crippen molar-refractivity contribution in [1.29, 1.82) is 5.26 Å². The number of aromatic hydroxyl groups is 1. The number of carbonyl (C=O) groups is 1. The van der Waals surface area contributed by atoms with E-state index in [2.05, 4.69) is 16.5 Å². The van der Waals surface area contributed by atoms with Crippen LogP contribution in [0.15, 0.2) is 29.4 Å². The van der Waals surface area contributed by atoms with Crippen molar-refractivity contribution in [3.05, 3.63) is 45.8 Å². The van der Waals surface area contributed by atoms with Crippen LogP contribution in [0.4, 0.5) is 5.00 Å². The Bertz CT molecular complexity index is 942. The molecule has 26 heavy (non-hydrogen) atoms. The summed E-state index contributed by atoms with van der Waals surface area (Å²) in [6.07, 6.45) is 3.56. The van der Waals surface area contributed by atoms with Crippen LogP contribution in [-0.4, -0.2) is 22.8 Å². The lowest BCUT2D eigenvalue weighted by Crippen LogP contribution is -2.28. The van der Waals surface area contributed by atoms with Gasteiger partial charge in [-0.2, -0.15) is 5.26 Å². The fourth-order valence-corrected chi connectivity index (χ4v) is 4.60. The quantitative estimate of drug-likeness (QED) is 0.870. The Kier molecular flexibility index (Phi) is 4.35. The standard InChI is InChI=1S/C19H17N3O3S/c20-10-13-11-5-2-4-8-17(11)26-19(13)21-18(24)16-9-14(22-25-16)12-6-1-3-7-15(12)23/h1,3,6-7,16,23H,2,4-5,8-9H2,(H,21,24)/t16-/m0/s1. The number of hydrogen-bond donors (Lipinski definition) is 2. The van der Waals surface area contributed by atoms with Gasteiger partial charge in [-0.3, -0.25) is 4.79 Å². The van der Waals surface area contributed by atoms with Gasteiger partial charge in [0, 0.05) is 16.9 Å². The van der Waals surface area contributed by atoms with Gasteiger partial charge in [-0.1, -0.05) is 17.3 Å². The monoisotopic (exact) mass is 367 g/mol. The van der Waals surface area contributed by atoms with Crippen LogP contribution in [0.5, 0.6) is 5.75 Å². The number of rotatable bonds is 3. The van der Waals surface area contributed by atoms with Crippen molar-refractivity contribution in [3.8, 4) is 11.8 Å². The van der Waals surface area contributed by atoms with E-state index in [1.54, 1.807) is 24.3 Å². The fraction of sp³-hybridized carbons (Fsp3) is 0.316. The van der Waals surface area contributed by atoms with Crippen LogP contribution in [0.1, 0.15) is 40.8 Å². The zero-order chi connectivity index (χ0) is 18.1. The van der Waals surface area contributed by atoms with Crippen LogP contribution >= 0.6 is 11.3 Å². The number of nitriles is 1. The minimum atomic E-state index is -0.768. The summed E-state index contributed by atoms with van der Waals surface area (Å²) in [6, 6.07) is 9.06. The predicted molar refractivity (Wildman–Crippen MR) is 98.4 cm³/mol. The number of fused-ring (bicyclic) bond motifs is 1. The number of aryl methyl sites for hydroxylation is 1. The third kappa shape index (κ3) is 2.93. The lowest BCUT2D eigenvalue weighted by molar-refractivity contribution is -0.125. The second-order valence-electron chi connectivity index (χ2n) is 6.37. The molecular weight excluding hydrogens is 350 g/mol. The molecule has 6 nitrogen and oxygen atoms in total. The summed E-state index contributed by atoms with van der Waals surface area (Å²) in [6.45, 7) is 0. The maximum atomic E-state index is 12.6. The molecule has 132 valence electrons. The van der Waals surface area contributed by atoms with Crippen LogP contribution in [0.2, 0.25) is 0 Å². The molecule has 2 N–H and O–H groups in total. The number of oxime groups is 1. The summed E-state index contributed by atoms with van der Waals surface area (Å²) in [7, 11) is 0. The molecule has 1 aliphatic heterocycles. The molecule has 4 rings (SSSR count). The van der Waals surface area contributed by atoms with E-state index in [9.17, 15) is 15.2 Å². The van der Waals surface area contributed by atoms with Crippen molar-refractivity contribution in [3.63, 3.8) is 0 Å². The van der Waals surface area contributed by atoms with Crippen molar-refractivity contribution in [2.24, 2.45) is 5.16 Å². The first kappa shape index (κ1) is 16.6. The highest BCUT2D eigenvalue weighted by Crippen LogP contribution is 2.38. The average Bonchev–Trinajstić information content (AvgIpc) is 3.26. The van der Waals surface area contributed by atoms with Gasteiger partial charge in [0.05, 0.1) is 11.3 Å². The SMILES string of the molecule is N#Cc1c(NC(=O)[C@@H]2CC(c3ccccc3O)=NO2)sc2c1CCCC2. The summed E-state index contributed by atoms with van der Waals surface area (Å²) < 4.78 is 0. The number of benzene rings is 1. The molecule has 1 aliphatic carbocycles. The van der Waals surface area contributed by atoms with E-state index < -0.39 is 6.10 Å². The lowest BCUT2D eigenvalue weighted by Gasteiger charge is -2.10. The highest BCUT2D eigenvalue weighted by molar-refractivity contribution is 7.16. The number of nitrogens with zero attached hydrogens (tertiary/aromatic N) is 2. The van der Waals surface area contributed by atoms with Crippen molar-refractivity contribution in [2.75, 3.05) is 5.32 Å². The molecule has 0 saturated carbocycles. The number of para-hydroxylation sites is 1. The summed E-state index contributed by atoms with van der Waals surface area (Å²) in [5, 5.41) is 26.8. The van der Waals surface area contributed by atoms with Crippen LogP contribution < -0.4 is 5.32 Å². The molecule has 0 unspecified atom stereocenters. The number of phenolic OH excluding ortho intramolecular Hbond substituents is 1. The van der Waals surface area contributed by atoms with Gasteiger partial charge in [0.15, 0.2) is 0 Å². The molecule has 1 aromatic heterocycles. The number of anilines is 1. The summed E-state index contributed by atoms with van der Waals surface area (Å²) in [5.41, 5.74) is 2.76. The molecule has 0 radical (unpaired) electrons. The maximum Gasteiger partial charge on any atom is 0.269 e. The normalized spacial score (nSPS) is 18.4. The molecule has 1 aromatic carbocycles. The predicted octanol–water partition coefficient (Wildman–Crippen LogP) is 3.34. The molecule has 0 bridgehead atoms. The number of thiophene rings is 1. The number of phenols is 1. The number of amides is 1. The van der Waals surface area contributed by atoms with Crippen LogP contribution in [-0.2, 0) is 22.5 Å². The Morgan fingerprint density at radius 2 is 2.15 bits per heavy atom. The van der Waals surface area contributed by atoms with Crippen molar-refractivity contribution >= 4 is 28.0 Å². The van der Waals surface area contributed by atoms with Crippen LogP contribution in [0.25, 0.3) is 0 Å². The fourth-order valence-electron chi connectivity index (χ4n) is 3.36.